The van der Waals surface area contributed by atoms with Gasteiger partial charge in [-0.15, -0.1) is 0 Å². The van der Waals surface area contributed by atoms with Crippen LogP contribution in [-0.4, -0.2) is 24.5 Å². The fraction of sp³-hybridized carbons (Fsp3) is 0.857. The predicted molar refractivity (Wildman–Crippen MR) is 64.6 cm³/mol. The molecule has 1 nitrogen and oxygen atoms in total. The van der Waals surface area contributed by atoms with Gasteiger partial charge in [-0.25, -0.2) is 0 Å². The van der Waals surface area contributed by atoms with Crippen LogP contribution >= 0.6 is 0 Å². The van der Waals surface area contributed by atoms with Crippen LogP contribution in [0.25, 0.3) is 0 Å². The Balaban J connectivity index is 1.68. The van der Waals surface area contributed by atoms with Crippen molar-refractivity contribution in [3.63, 3.8) is 0 Å². The highest BCUT2D eigenvalue weighted by Crippen LogP contribution is 2.22. The average molecular weight is 205 g/mol. The van der Waals surface area contributed by atoms with E-state index in [9.17, 15) is 0 Å². The molecule has 84 valence electrons. The molecule has 1 saturated carbocycles. The minimum absolute atomic E-state index is 0.726. The number of likely N-dealkylation sites (tertiary alicyclic amines) is 1. The first-order valence-electron chi connectivity index (χ1n) is 6.66. The molecule has 15 heavy (non-hydrogen) atoms. The Morgan fingerprint density at radius 3 is 2.27 bits per heavy atom. The molecule has 0 unspecified atom stereocenters. The second-order valence-corrected chi connectivity index (χ2v) is 4.99. The highest BCUT2D eigenvalue weighted by atomic mass is 15.1. The van der Waals surface area contributed by atoms with E-state index in [1.165, 1.54) is 64.5 Å². The molecule has 0 atom stereocenters. The van der Waals surface area contributed by atoms with Gasteiger partial charge >= 0.3 is 0 Å². The standard InChI is InChI=1S/C14H23N/c1-3-8-14(9-4-1)10-7-13-15-11-5-2-6-12-15/h14H,1-6,8-9,11-13H2. The molecule has 0 spiro atoms. The Morgan fingerprint density at radius 1 is 0.867 bits per heavy atom. The molecule has 2 aliphatic rings. The molecule has 0 aromatic heterocycles. The van der Waals surface area contributed by atoms with Crippen LogP contribution in [0.3, 0.4) is 0 Å². The number of hydrogen-bond donors (Lipinski definition) is 0. The maximum absolute atomic E-state index is 3.48. The molecular weight excluding hydrogens is 182 g/mol. The number of nitrogens with zero attached hydrogens (tertiary/aromatic N) is 1. The third kappa shape index (κ3) is 3.87. The maximum Gasteiger partial charge on any atom is 0.0601 e. The molecule has 0 bridgehead atoms. The lowest BCUT2D eigenvalue weighted by Crippen LogP contribution is -2.29. The van der Waals surface area contributed by atoms with E-state index in [0.29, 0.717) is 0 Å². The van der Waals surface area contributed by atoms with Gasteiger partial charge in [-0.3, -0.25) is 4.90 Å². The lowest BCUT2D eigenvalue weighted by molar-refractivity contribution is 0.255. The van der Waals surface area contributed by atoms with E-state index in [0.717, 1.165) is 12.5 Å². The third-order valence-electron chi connectivity index (χ3n) is 3.66. The van der Waals surface area contributed by atoms with Crippen LogP contribution < -0.4 is 0 Å². The van der Waals surface area contributed by atoms with Gasteiger partial charge < -0.3 is 0 Å². The third-order valence-corrected chi connectivity index (χ3v) is 3.66. The molecule has 2 rings (SSSR count). The van der Waals surface area contributed by atoms with Crippen molar-refractivity contribution in [2.24, 2.45) is 5.92 Å². The molecule has 1 heteroatoms. The van der Waals surface area contributed by atoms with Crippen LogP contribution in [0.5, 0.6) is 0 Å². The highest BCUT2D eigenvalue weighted by molar-refractivity contribution is 5.06. The molecule has 0 radical (unpaired) electrons. The fourth-order valence-electron chi connectivity index (χ4n) is 2.67. The van der Waals surface area contributed by atoms with Gasteiger partial charge in [0.05, 0.1) is 6.54 Å². The van der Waals surface area contributed by atoms with E-state index in [1.807, 2.05) is 0 Å². The lowest BCUT2D eigenvalue weighted by Gasteiger charge is -2.24. The summed E-state index contributed by atoms with van der Waals surface area (Å²) >= 11 is 0. The van der Waals surface area contributed by atoms with E-state index < -0.39 is 0 Å². The molecule has 0 N–H and O–H groups in total. The fourth-order valence-corrected chi connectivity index (χ4v) is 2.67. The van der Waals surface area contributed by atoms with E-state index in [4.69, 9.17) is 0 Å². The summed E-state index contributed by atoms with van der Waals surface area (Å²) in [5, 5.41) is 0. The first-order chi connectivity index (χ1) is 7.45. The summed E-state index contributed by atoms with van der Waals surface area (Å²) in [7, 11) is 0. The van der Waals surface area contributed by atoms with Gasteiger partial charge in [0.2, 0.25) is 0 Å². The summed E-state index contributed by atoms with van der Waals surface area (Å²) in [4.78, 5) is 2.51. The molecule has 0 aromatic rings. The Bertz CT molecular complexity index is 223. The van der Waals surface area contributed by atoms with Crippen LogP contribution in [0.4, 0.5) is 0 Å². The number of rotatable bonds is 1. The lowest BCUT2D eigenvalue weighted by atomic mass is 9.90. The van der Waals surface area contributed by atoms with Crippen LogP contribution in [0, 0.1) is 17.8 Å². The van der Waals surface area contributed by atoms with E-state index in [1.54, 1.807) is 0 Å². The van der Waals surface area contributed by atoms with E-state index in [2.05, 4.69) is 16.7 Å². The Kier molecular flexibility index (Phi) is 4.54. The van der Waals surface area contributed by atoms with Crippen LogP contribution in [0.15, 0.2) is 0 Å². The SMILES string of the molecule is C(#CC1CCCCC1)CN1CCCCC1. The Morgan fingerprint density at radius 2 is 1.53 bits per heavy atom. The van der Waals surface area contributed by atoms with Crippen molar-refractivity contribution in [2.75, 3.05) is 19.6 Å². The second-order valence-electron chi connectivity index (χ2n) is 4.99. The summed E-state index contributed by atoms with van der Waals surface area (Å²) in [5.74, 6) is 7.60. The predicted octanol–water partition coefficient (Wildman–Crippen LogP) is 3.06. The Hall–Kier alpha value is -0.480. The molecule has 1 aliphatic carbocycles. The monoisotopic (exact) mass is 205 g/mol. The molecule has 0 amide bonds. The van der Waals surface area contributed by atoms with Gasteiger partial charge in [-0.05, 0) is 38.8 Å². The van der Waals surface area contributed by atoms with E-state index >= 15 is 0 Å². The van der Waals surface area contributed by atoms with Crippen molar-refractivity contribution in [1.29, 1.82) is 0 Å². The molecule has 1 heterocycles. The van der Waals surface area contributed by atoms with Crippen molar-refractivity contribution in [2.45, 2.75) is 51.4 Å². The Labute approximate surface area is 94.2 Å². The van der Waals surface area contributed by atoms with Gasteiger partial charge in [0.25, 0.3) is 0 Å². The van der Waals surface area contributed by atoms with Gasteiger partial charge in [-0.2, -0.15) is 0 Å². The second kappa shape index (κ2) is 6.18. The van der Waals surface area contributed by atoms with Gasteiger partial charge in [0.1, 0.15) is 0 Å². The van der Waals surface area contributed by atoms with Crippen LogP contribution in [-0.2, 0) is 0 Å². The van der Waals surface area contributed by atoms with Crippen LogP contribution in [0.2, 0.25) is 0 Å². The van der Waals surface area contributed by atoms with Gasteiger partial charge in [-0.1, -0.05) is 37.5 Å². The average Bonchev–Trinajstić information content (AvgIpc) is 2.32. The van der Waals surface area contributed by atoms with Crippen LogP contribution in [0.1, 0.15) is 51.4 Å². The number of hydrogen-bond acceptors (Lipinski definition) is 1. The molecule has 2 fully saturated rings. The zero-order valence-corrected chi connectivity index (χ0v) is 9.80. The topological polar surface area (TPSA) is 3.24 Å². The van der Waals surface area contributed by atoms with Gasteiger partial charge in [0, 0.05) is 5.92 Å². The summed E-state index contributed by atoms with van der Waals surface area (Å²) in [6.07, 6.45) is 11.1. The van der Waals surface area contributed by atoms with Gasteiger partial charge in [0.15, 0.2) is 0 Å². The normalized spacial score (nSPS) is 24.5. The first kappa shape index (κ1) is 11.0. The molecular formula is C14H23N. The first-order valence-corrected chi connectivity index (χ1v) is 6.66. The smallest absolute Gasteiger partial charge is 0.0601 e. The quantitative estimate of drug-likeness (QED) is 0.595. The number of piperidine rings is 1. The zero-order chi connectivity index (χ0) is 10.3. The van der Waals surface area contributed by atoms with Crippen molar-refractivity contribution >= 4 is 0 Å². The highest BCUT2D eigenvalue weighted by Gasteiger charge is 2.10. The summed E-state index contributed by atoms with van der Waals surface area (Å²) in [5.41, 5.74) is 0. The molecule has 1 aliphatic heterocycles. The van der Waals surface area contributed by atoms with Crippen molar-refractivity contribution in [3.05, 3.63) is 0 Å². The summed E-state index contributed by atoms with van der Waals surface area (Å²) in [6, 6.07) is 0. The zero-order valence-electron chi connectivity index (χ0n) is 9.80. The summed E-state index contributed by atoms with van der Waals surface area (Å²) < 4.78 is 0. The minimum atomic E-state index is 0.726. The maximum atomic E-state index is 3.48. The van der Waals surface area contributed by atoms with E-state index in [-0.39, 0.29) is 0 Å². The molecule has 1 saturated heterocycles. The van der Waals surface area contributed by atoms with Crippen molar-refractivity contribution in [1.82, 2.24) is 4.90 Å². The van der Waals surface area contributed by atoms with Crippen molar-refractivity contribution in [3.8, 4) is 11.8 Å². The molecule has 0 aromatic carbocycles. The van der Waals surface area contributed by atoms with Crippen molar-refractivity contribution < 1.29 is 0 Å². The minimum Gasteiger partial charge on any atom is -0.292 e. The summed E-state index contributed by atoms with van der Waals surface area (Å²) in [6.45, 7) is 3.58. The largest absolute Gasteiger partial charge is 0.292 e.